The van der Waals surface area contributed by atoms with E-state index in [0.717, 1.165) is 0 Å². The molecule has 0 aromatic carbocycles. The molecule has 35 heavy (non-hydrogen) atoms. The predicted molar refractivity (Wildman–Crippen MR) is 135 cm³/mol. The van der Waals surface area contributed by atoms with E-state index in [1.807, 2.05) is 27.7 Å². The van der Waals surface area contributed by atoms with Gasteiger partial charge in [-0.1, -0.05) is 48.0 Å². The first-order valence-corrected chi connectivity index (χ1v) is 12.2. The van der Waals surface area contributed by atoms with Gasteiger partial charge in [0.15, 0.2) is 5.96 Å². The quantitative estimate of drug-likeness (QED) is 0.0844. The second-order valence-corrected chi connectivity index (χ2v) is 9.69. The fraction of sp³-hybridized carbons (Fsp3) is 0.783. The summed E-state index contributed by atoms with van der Waals surface area (Å²) in [6.07, 6.45) is 1.52. The van der Waals surface area contributed by atoms with E-state index in [2.05, 4.69) is 20.9 Å². The Kier molecular flexibility index (Phi) is 14.6. The van der Waals surface area contributed by atoms with Crippen molar-refractivity contribution in [3.8, 4) is 0 Å². The van der Waals surface area contributed by atoms with Gasteiger partial charge in [0.2, 0.25) is 17.7 Å². The van der Waals surface area contributed by atoms with Gasteiger partial charge in [0.25, 0.3) is 0 Å². The van der Waals surface area contributed by atoms with Gasteiger partial charge in [-0.25, -0.2) is 4.79 Å². The van der Waals surface area contributed by atoms with Gasteiger partial charge in [-0.05, 0) is 37.0 Å². The number of amides is 3. The van der Waals surface area contributed by atoms with E-state index in [4.69, 9.17) is 17.2 Å². The number of guanidine groups is 1. The van der Waals surface area contributed by atoms with Gasteiger partial charge < -0.3 is 38.3 Å². The lowest BCUT2D eigenvalue weighted by Gasteiger charge is -2.29. The lowest BCUT2D eigenvalue weighted by molar-refractivity contribution is -0.143. The largest absolute Gasteiger partial charge is 0.480 e. The molecule has 5 atom stereocenters. The van der Waals surface area contributed by atoms with Crippen molar-refractivity contribution in [3.05, 3.63) is 0 Å². The average Bonchev–Trinajstić information content (AvgIpc) is 2.75. The average molecular weight is 500 g/mol. The summed E-state index contributed by atoms with van der Waals surface area (Å²) in [6.45, 7) is 11.3. The fourth-order valence-electron chi connectivity index (χ4n) is 3.38. The number of aliphatic imine (C=N–C) groups is 1. The van der Waals surface area contributed by atoms with Crippen LogP contribution in [-0.4, -0.2) is 65.5 Å². The summed E-state index contributed by atoms with van der Waals surface area (Å²) in [5, 5.41) is 17.4. The Hall–Kier alpha value is -2.89. The van der Waals surface area contributed by atoms with E-state index in [1.165, 1.54) is 0 Å². The van der Waals surface area contributed by atoms with Crippen molar-refractivity contribution in [1.82, 2.24) is 16.0 Å². The molecule has 0 aromatic rings. The van der Waals surface area contributed by atoms with Gasteiger partial charge in [0.05, 0.1) is 6.04 Å². The number of rotatable bonds is 16. The monoisotopic (exact) mass is 499 g/mol. The molecule has 0 saturated heterocycles. The van der Waals surface area contributed by atoms with Crippen molar-refractivity contribution in [2.75, 3.05) is 6.54 Å². The number of carboxylic acid groups (broad SMARTS) is 1. The molecule has 0 rings (SSSR count). The van der Waals surface area contributed by atoms with Crippen LogP contribution in [0.3, 0.4) is 0 Å². The highest BCUT2D eigenvalue weighted by atomic mass is 16.4. The topological polar surface area (TPSA) is 215 Å². The molecule has 0 fully saturated rings. The Bertz CT molecular complexity index is 738. The lowest BCUT2D eigenvalue weighted by atomic mass is 9.95. The number of carbonyl (C=O) groups excluding carboxylic acids is 3. The highest BCUT2D eigenvalue weighted by Gasteiger charge is 2.33. The third-order valence-corrected chi connectivity index (χ3v) is 5.66. The zero-order valence-corrected chi connectivity index (χ0v) is 21.8. The van der Waals surface area contributed by atoms with Crippen LogP contribution >= 0.6 is 0 Å². The minimum atomic E-state index is -1.21. The molecule has 0 spiro atoms. The van der Waals surface area contributed by atoms with E-state index < -0.39 is 47.9 Å². The highest BCUT2D eigenvalue weighted by Crippen LogP contribution is 2.12. The van der Waals surface area contributed by atoms with Crippen LogP contribution in [0.4, 0.5) is 0 Å². The SMILES string of the molecule is CCC(C)C(NC(=O)C(N)CC(C)C)C(=O)NC(C(=O)NC(CCCN=C(N)N)C(=O)O)C(C)C. The summed E-state index contributed by atoms with van der Waals surface area (Å²) < 4.78 is 0. The third-order valence-electron chi connectivity index (χ3n) is 5.66. The number of nitrogens with zero attached hydrogens (tertiary/aromatic N) is 1. The number of hydrogen-bond acceptors (Lipinski definition) is 6. The van der Waals surface area contributed by atoms with Gasteiger partial charge in [-0.3, -0.25) is 19.4 Å². The minimum Gasteiger partial charge on any atom is -0.480 e. The first kappa shape index (κ1) is 32.1. The Labute approximate surface area is 208 Å². The number of carbonyl (C=O) groups is 4. The van der Waals surface area contributed by atoms with Crippen LogP contribution in [-0.2, 0) is 19.2 Å². The van der Waals surface area contributed by atoms with Crippen LogP contribution in [0.1, 0.15) is 67.2 Å². The van der Waals surface area contributed by atoms with Crippen molar-refractivity contribution >= 4 is 29.7 Å². The molecule has 10 N–H and O–H groups in total. The van der Waals surface area contributed by atoms with Crippen LogP contribution in [0.2, 0.25) is 0 Å². The Morgan fingerprint density at radius 1 is 0.886 bits per heavy atom. The summed E-state index contributed by atoms with van der Waals surface area (Å²) in [7, 11) is 0. The number of nitrogens with one attached hydrogen (secondary N) is 3. The fourth-order valence-corrected chi connectivity index (χ4v) is 3.38. The van der Waals surface area contributed by atoms with Gasteiger partial charge in [0, 0.05) is 6.54 Å². The van der Waals surface area contributed by atoms with Crippen molar-refractivity contribution in [1.29, 1.82) is 0 Å². The van der Waals surface area contributed by atoms with E-state index in [0.29, 0.717) is 19.3 Å². The molecule has 0 heterocycles. The molecule has 0 bridgehead atoms. The molecule has 0 saturated carbocycles. The smallest absolute Gasteiger partial charge is 0.326 e. The van der Waals surface area contributed by atoms with E-state index in [1.54, 1.807) is 13.8 Å². The number of hydrogen-bond donors (Lipinski definition) is 7. The van der Waals surface area contributed by atoms with Crippen molar-refractivity contribution in [2.24, 2.45) is 39.9 Å². The standard InChI is InChI=1S/C23H45N7O5/c1-7-14(6)18(30-19(31)15(24)11-12(2)3)21(33)29-17(13(4)5)20(32)28-16(22(34)35)9-8-10-27-23(25)26/h12-18H,7-11,24H2,1-6H3,(H,28,32)(H,29,33)(H,30,31)(H,34,35)(H4,25,26,27). The van der Waals surface area contributed by atoms with Crippen molar-refractivity contribution < 1.29 is 24.3 Å². The summed E-state index contributed by atoms with van der Waals surface area (Å²) in [4.78, 5) is 54.1. The van der Waals surface area contributed by atoms with E-state index in [9.17, 15) is 24.3 Å². The van der Waals surface area contributed by atoms with Gasteiger partial charge in [0.1, 0.15) is 18.1 Å². The van der Waals surface area contributed by atoms with Crippen molar-refractivity contribution in [3.63, 3.8) is 0 Å². The molecular weight excluding hydrogens is 454 g/mol. The molecule has 0 aliphatic rings. The molecule has 5 unspecified atom stereocenters. The molecule has 12 heteroatoms. The number of aliphatic carboxylic acids is 1. The van der Waals surface area contributed by atoms with Gasteiger partial charge >= 0.3 is 5.97 Å². The Morgan fingerprint density at radius 3 is 1.89 bits per heavy atom. The predicted octanol–water partition coefficient (Wildman–Crippen LogP) is -0.345. The lowest BCUT2D eigenvalue weighted by Crippen LogP contribution is -2.59. The zero-order valence-electron chi connectivity index (χ0n) is 21.8. The molecular formula is C23H45N7O5. The second kappa shape index (κ2) is 15.9. The highest BCUT2D eigenvalue weighted by molar-refractivity contribution is 5.94. The molecule has 0 radical (unpaired) electrons. The van der Waals surface area contributed by atoms with Crippen LogP contribution in [0.25, 0.3) is 0 Å². The normalized spacial score (nSPS) is 15.5. The molecule has 3 amide bonds. The number of nitrogens with two attached hydrogens (primary N) is 3. The van der Waals surface area contributed by atoms with Crippen LogP contribution < -0.4 is 33.2 Å². The van der Waals surface area contributed by atoms with Crippen molar-refractivity contribution in [2.45, 2.75) is 91.4 Å². The molecule has 12 nitrogen and oxygen atoms in total. The second-order valence-electron chi connectivity index (χ2n) is 9.69. The van der Waals surface area contributed by atoms with Gasteiger partial charge in [-0.15, -0.1) is 0 Å². The van der Waals surface area contributed by atoms with Crippen LogP contribution in [0.15, 0.2) is 4.99 Å². The first-order chi connectivity index (χ1) is 16.2. The summed E-state index contributed by atoms with van der Waals surface area (Å²) in [6, 6.07) is -3.83. The van der Waals surface area contributed by atoms with Gasteiger partial charge in [-0.2, -0.15) is 0 Å². The molecule has 202 valence electrons. The summed E-state index contributed by atoms with van der Waals surface area (Å²) in [5.74, 6) is -3.25. The first-order valence-electron chi connectivity index (χ1n) is 12.2. The molecule has 0 aliphatic heterocycles. The van der Waals surface area contributed by atoms with E-state index >= 15 is 0 Å². The summed E-state index contributed by atoms with van der Waals surface area (Å²) >= 11 is 0. The van der Waals surface area contributed by atoms with Crippen LogP contribution in [0.5, 0.6) is 0 Å². The Balaban J connectivity index is 5.41. The number of carboxylic acids is 1. The maximum Gasteiger partial charge on any atom is 0.326 e. The zero-order chi connectivity index (χ0) is 27.3. The minimum absolute atomic E-state index is 0.100. The Morgan fingerprint density at radius 2 is 1.43 bits per heavy atom. The maximum atomic E-state index is 13.1. The maximum absolute atomic E-state index is 13.1. The third kappa shape index (κ3) is 12.4. The van der Waals surface area contributed by atoms with Crippen LogP contribution in [0, 0.1) is 17.8 Å². The molecule has 0 aliphatic carbocycles. The summed E-state index contributed by atoms with van der Waals surface area (Å²) in [5.41, 5.74) is 16.5. The molecule has 0 aromatic heterocycles. The van der Waals surface area contributed by atoms with E-state index in [-0.39, 0.29) is 36.7 Å².